The summed E-state index contributed by atoms with van der Waals surface area (Å²) in [6, 6.07) is 9.70. The van der Waals surface area contributed by atoms with Crippen molar-refractivity contribution in [2.45, 2.75) is 45.6 Å². The Morgan fingerprint density at radius 3 is 2.84 bits per heavy atom. The van der Waals surface area contributed by atoms with Gasteiger partial charge in [0.15, 0.2) is 11.5 Å². The third-order valence-corrected chi connectivity index (χ3v) is 6.13. The van der Waals surface area contributed by atoms with E-state index in [1.165, 1.54) is 0 Å². The number of carbonyl (C=O) groups is 1. The molecule has 2 amide bonds. The number of benzene rings is 1. The fourth-order valence-electron chi connectivity index (χ4n) is 4.34. The Kier molecular flexibility index (Phi) is 6.83. The highest BCUT2D eigenvalue weighted by Crippen LogP contribution is 2.35. The predicted molar refractivity (Wildman–Crippen MR) is 127 cm³/mol. The number of methoxy groups -OCH3 is 1. The molecule has 1 aromatic carbocycles. The second-order valence-electron chi connectivity index (χ2n) is 8.19. The first-order valence-electron chi connectivity index (χ1n) is 11.4. The molecule has 7 heteroatoms. The SMILES string of the molecule is CCCCCOc1cc(N2CCCN([C@@H](C)c3ccnc4[nH]ccc34)C2=O)ccc1OC. The number of hydrogen-bond donors (Lipinski definition) is 1. The third-order valence-electron chi connectivity index (χ3n) is 6.13. The fourth-order valence-corrected chi connectivity index (χ4v) is 4.34. The minimum Gasteiger partial charge on any atom is -0.493 e. The number of anilines is 1. The molecule has 1 saturated heterocycles. The van der Waals surface area contributed by atoms with Crippen molar-refractivity contribution in [1.82, 2.24) is 14.9 Å². The Morgan fingerprint density at radius 1 is 1.16 bits per heavy atom. The predicted octanol–water partition coefficient (Wildman–Crippen LogP) is 5.53. The number of hydrogen-bond acceptors (Lipinski definition) is 4. The molecule has 2 aromatic heterocycles. The van der Waals surface area contributed by atoms with E-state index in [2.05, 4.69) is 23.8 Å². The number of rotatable bonds is 9. The number of aromatic amines is 1. The topological polar surface area (TPSA) is 70.7 Å². The number of amides is 2. The Bertz CT molecular complexity index is 1060. The van der Waals surface area contributed by atoms with Crippen LogP contribution in [-0.2, 0) is 0 Å². The van der Waals surface area contributed by atoms with Crippen molar-refractivity contribution in [2.75, 3.05) is 31.7 Å². The molecule has 1 fully saturated rings. The maximum Gasteiger partial charge on any atom is 0.324 e. The van der Waals surface area contributed by atoms with Gasteiger partial charge in [0.05, 0.1) is 19.8 Å². The molecule has 1 aliphatic rings. The summed E-state index contributed by atoms with van der Waals surface area (Å²) in [5, 5.41) is 1.05. The van der Waals surface area contributed by atoms with E-state index in [1.807, 2.05) is 46.3 Å². The zero-order valence-electron chi connectivity index (χ0n) is 19.1. The van der Waals surface area contributed by atoms with Crippen molar-refractivity contribution in [1.29, 1.82) is 0 Å². The van der Waals surface area contributed by atoms with Gasteiger partial charge in [-0.05, 0) is 49.6 Å². The summed E-state index contributed by atoms with van der Waals surface area (Å²) in [6.45, 7) is 6.29. The lowest BCUT2D eigenvalue weighted by Gasteiger charge is -2.39. The maximum absolute atomic E-state index is 13.5. The summed E-state index contributed by atoms with van der Waals surface area (Å²) in [7, 11) is 1.64. The molecular formula is C25H32N4O3. The molecule has 0 bridgehead atoms. The highest BCUT2D eigenvalue weighted by atomic mass is 16.5. The fraction of sp³-hybridized carbons (Fsp3) is 0.440. The largest absolute Gasteiger partial charge is 0.493 e. The van der Waals surface area contributed by atoms with Gasteiger partial charge in [0.2, 0.25) is 0 Å². The quantitative estimate of drug-likeness (QED) is 0.448. The molecule has 0 aliphatic carbocycles. The molecule has 170 valence electrons. The summed E-state index contributed by atoms with van der Waals surface area (Å²) in [6.07, 6.45) is 7.85. The van der Waals surface area contributed by atoms with Crippen LogP contribution in [0.5, 0.6) is 11.5 Å². The van der Waals surface area contributed by atoms with E-state index in [4.69, 9.17) is 9.47 Å². The molecule has 4 rings (SSSR count). The zero-order valence-corrected chi connectivity index (χ0v) is 19.1. The smallest absolute Gasteiger partial charge is 0.324 e. The summed E-state index contributed by atoms with van der Waals surface area (Å²) >= 11 is 0. The number of ether oxygens (including phenoxy) is 2. The van der Waals surface area contributed by atoms with Crippen molar-refractivity contribution in [3.63, 3.8) is 0 Å². The van der Waals surface area contributed by atoms with Gasteiger partial charge < -0.3 is 19.4 Å². The van der Waals surface area contributed by atoms with E-state index < -0.39 is 0 Å². The maximum atomic E-state index is 13.5. The standard InChI is InChI=1S/C25H32N4O3/c1-4-5-6-16-32-23-17-19(8-9-22(23)31-3)29-15-7-14-28(25(29)30)18(2)20-10-12-26-24-21(20)11-13-27-24/h8-13,17-18H,4-7,14-16H2,1-3H3,(H,26,27)/t18-/m0/s1. The summed E-state index contributed by atoms with van der Waals surface area (Å²) < 4.78 is 11.5. The summed E-state index contributed by atoms with van der Waals surface area (Å²) in [4.78, 5) is 24.9. The van der Waals surface area contributed by atoms with Crippen LogP contribution in [0.2, 0.25) is 0 Å². The Hall–Kier alpha value is -3.22. The van der Waals surface area contributed by atoms with Crippen LogP contribution in [0.1, 0.15) is 51.1 Å². The highest BCUT2D eigenvalue weighted by Gasteiger charge is 2.32. The Balaban J connectivity index is 1.55. The zero-order chi connectivity index (χ0) is 22.5. The molecule has 0 spiro atoms. The number of H-pyrrole nitrogens is 1. The van der Waals surface area contributed by atoms with Crippen molar-refractivity contribution >= 4 is 22.8 Å². The second kappa shape index (κ2) is 9.94. The van der Waals surface area contributed by atoms with Crippen LogP contribution in [0.15, 0.2) is 42.7 Å². The van der Waals surface area contributed by atoms with Crippen molar-refractivity contribution in [3.8, 4) is 11.5 Å². The average Bonchev–Trinajstić information content (AvgIpc) is 3.30. The van der Waals surface area contributed by atoms with E-state index in [-0.39, 0.29) is 12.1 Å². The first kappa shape index (κ1) is 22.0. The number of nitrogens with zero attached hydrogens (tertiary/aromatic N) is 3. The first-order chi connectivity index (χ1) is 15.6. The van der Waals surface area contributed by atoms with Gasteiger partial charge in [-0.15, -0.1) is 0 Å². The minimum atomic E-state index is -0.0605. The van der Waals surface area contributed by atoms with Gasteiger partial charge in [-0.3, -0.25) is 4.90 Å². The third kappa shape index (κ3) is 4.38. The van der Waals surface area contributed by atoms with E-state index >= 15 is 0 Å². The molecule has 1 N–H and O–H groups in total. The van der Waals surface area contributed by atoms with Crippen LogP contribution < -0.4 is 14.4 Å². The van der Waals surface area contributed by atoms with Crippen LogP contribution in [0.25, 0.3) is 11.0 Å². The number of fused-ring (bicyclic) bond motifs is 1. The number of nitrogens with one attached hydrogen (secondary N) is 1. The van der Waals surface area contributed by atoms with Gasteiger partial charge in [-0.25, -0.2) is 9.78 Å². The van der Waals surface area contributed by atoms with E-state index in [9.17, 15) is 4.79 Å². The normalized spacial score (nSPS) is 15.3. The molecule has 3 aromatic rings. The highest BCUT2D eigenvalue weighted by molar-refractivity contribution is 5.94. The summed E-state index contributed by atoms with van der Waals surface area (Å²) in [5.74, 6) is 1.37. The molecule has 32 heavy (non-hydrogen) atoms. The number of unbranched alkanes of at least 4 members (excludes halogenated alkanes) is 2. The molecule has 0 unspecified atom stereocenters. The van der Waals surface area contributed by atoms with E-state index in [0.29, 0.717) is 24.7 Å². The Labute approximate surface area is 189 Å². The minimum absolute atomic E-state index is 0.00588. The number of aromatic nitrogens is 2. The molecule has 0 radical (unpaired) electrons. The van der Waals surface area contributed by atoms with Crippen LogP contribution in [0, 0.1) is 0 Å². The molecule has 1 aliphatic heterocycles. The first-order valence-corrected chi connectivity index (χ1v) is 11.4. The van der Waals surface area contributed by atoms with Gasteiger partial charge >= 0.3 is 6.03 Å². The average molecular weight is 437 g/mol. The van der Waals surface area contributed by atoms with Crippen LogP contribution in [-0.4, -0.2) is 47.7 Å². The molecule has 0 saturated carbocycles. The van der Waals surface area contributed by atoms with Crippen LogP contribution >= 0.6 is 0 Å². The number of urea groups is 1. The van der Waals surface area contributed by atoms with Gasteiger partial charge in [0.1, 0.15) is 5.65 Å². The second-order valence-corrected chi connectivity index (χ2v) is 8.19. The molecule has 3 heterocycles. The molecule has 7 nitrogen and oxygen atoms in total. The lowest BCUT2D eigenvalue weighted by atomic mass is 10.0. The van der Waals surface area contributed by atoms with Gasteiger partial charge in [0, 0.05) is 42.6 Å². The van der Waals surface area contributed by atoms with E-state index in [0.717, 1.165) is 54.5 Å². The van der Waals surface area contributed by atoms with Crippen molar-refractivity contribution in [3.05, 3.63) is 48.3 Å². The number of carbonyl (C=O) groups excluding carboxylic acids is 1. The summed E-state index contributed by atoms with van der Waals surface area (Å²) in [5.41, 5.74) is 2.77. The Morgan fingerprint density at radius 2 is 2.03 bits per heavy atom. The molecular weight excluding hydrogens is 404 g/mol. The monoisotopic (exact) mass is 436 g/mol. The van der Waals surface area contributed by atoms with Crippen molar-refractivity contribution < 1.29 is 14.3 Å². The van der Waals surface area contributed by atoms with Gasteiger partial charge in [-0.1, -0.05) is 19.8 Å². The van der Waals surface area contributed by atoms with Crippen molar-refractivity contribution in [2.24, 2.45) is 0 Å². The van der Waals surface area contributed by atoms with Crippen LogP contribution in [0.3, 0.4) is 0 Å². The van der Waals surface area contributed by atoms with Gasteiger partial charge in [-0.2, -0.15) is 0 Å². The molecule has 1 atom stereocenters. The lowest BCUT2D eigenvalue weighted by molar-refractivity contribution is 0.176. The lowest BCUT2D eigenvalue weighted by Crippen LogP contribution is -2.50. The van der Waals surface area contributed by atoms with Crippen LogP contribution in [0.4, 0.5) is 10.5 Å². The van der Waals surface area contributed by atoms with Gasteiger partial charge in [0.25, 0.3) is 0 Å². The van der Waals surface area contributed by atoms with E-state index in [1.54, 1.807) is 13.3 Å². The number of pyridine rings is 1.